The highest BCUT2D eigenvalue weighted by Crippen LogP contribution is 2.34. The molecule has 0 aromatic heterocycles. The van der Waals surface area contributed by atoms with Crippen LogP contribution in [0.15, 0.2) is 12.1 Å². The summed E-state index contributed by atoms with van der Waals surface area (Å²) in [5.41, 5.74) is 1.04. The van der Waals surface area contributed by atoms with Crippen LogP contribution in [-0.2, 0) is 6.54 Å². The highest BCUT2D eigenvalue weighted by atomic mass is 35.5. The molecular weight excluding hydrogens is 262 g/mol. The van der Waals surface area contributed by atoms with E-state index >= 15 is 0 Å². The van der Waals surface area contributed by atoms with Gasteiger partial charge < -0.3 is 14.8 Å². The Labute approximate surface area is 121 Å². The van der Waals surface area contributed by atoms with Crippen molar-refractivity contribution in [3.63, 3.8) is 0 Å². The first-order chi connectivity index (χ1) is 9.22. The summed E-state index contributed by atoms with van der Waals surface area (Å²) < 4.78 is 11.0. The lowest BCUT2D eigenvalue weighted by Crippen LogP contribution is -2.15. The summed E-state index contributed by atoms with van der Waals surface area (Å²) in [7, 11) is 1.63. The van der Waals surface area contributed by atoms with Gasteiger partial charge in [-0.3, -0.25) is 0 Å². The molecule has 0 aliphatic rings. The minimum absolute atomic E-state index is 0.612. The van der Waals surface area contributed by atoms with Crippen molar-refractivity contribution in [3.05, 3.63) is 22.7 Å². The Morgan fingerprint density at radius 3 is 2.63 bits per heavy atom. The maximum atomic E-state index is 6.10. The minimum atomic E-state index is 0.612. The predicted octanol–water partition coefficient (Wildman–Crippen LogP) is 4.03. The number of ether oxygens (including phenoxy) is 2. The van der Waals surface area contributed by atoms with Crippen LogP contribution in [0.25, 0.3) is 0 Å². The lowest BCUT2D eigenvalue weighted by molar-refractivity contribution is 0.307. The van der Waals surface area contributed by atoms with Crippen LogP contribution >= 0.6 is 11.6 Å². The lowest BCUT2D eigenvalue weighted by Gasteiger charge is -2.15. The van der Waals surface area contributed by atoms with Crippen molar-refractivity contribution in [2.75, 3.05) is 20.3 Å². The van der Waals surface area contributed by atoms with Crippen LogP contribution in [0, 0.1) is 0 Å². The zero-order valence-electron chi connectivity index (χ0n) is 12.1. The normalized spacial score (nSPS) is 10.5. The van der Waals surface area contributed by atoms with E-state index in [-0.39, 0.29) is 0 Å². The van der Waals surface area contributed by atoms with Crippen LogP contribution in [0.4, 0.5) is 0 Å². The first kappa shape index (κ1) is 16.1. The number of hydrogen-bond donors (Lipinski definition) is 1. The zero-order chi connectivity index (χ0) is 14.1. The van der Waals surface area contributed by atoms with Crippen molar-refractivity contribution >= 4 is 11.6 Å². The van der Waals surface area contributed by atoms with Crippen molar-refractivity contribution in [3.8, 4) is 11.5 Å². The highest BCUT2D eigenvalue weighted by Gasteiger charge is 2.12. The maximum absolute atomic E-state index is 6.10. The molecule has 0 saturated carbocycles. The molecule has 1 aromatic rings. The van der Waals surface area contributed by atoms with Gasteiger partial charge in [0.05, 0.1) is 13.7 Å². The summed E-state index contributed by atoms with van der Waals surface area (Å²) in [6.45, 7) is 6.53. The summed E-state index contributed by atoms with van der Waals surface area (Å²) in [5, 5.41) is 4.09. The molecule has 108 valence electrons. The fraction of sp³-hybridized carbons (Fsp3) is 0.600. The average Bonchev–Trinajstić information content (AvgIpc) is 2.41. The van der Waals surface area contributed by atoms with Gasteiger partial charge >= 0.3 is 0 Å². The third-order valence-corrected chi connectivity index (χ3v) is 3.10. The topological polar surface area (TPSA) is 30.5 Å². The van der Waals surface area contributed by atoms with Gasteiger partial charge in [0, 0.05) is 23.2 Å². The molecule has 3 nitrogen and oxygen atoms in total. The second-order valence-electron chi connectivity index (χ2n) is 4.41. The summed E-state index contributed by atoms with van der Waals surface area (Å²) in [5.74, 6) is 1.48. The number of rotatable bonds is 9. The Kier molecular flexibility index (Phi) is 7.68. The highest BCUT2D eigenvalue weighted by molar-refractivity contribution is 6.30. The molecule has 19 heavy (non-hydrogen) atoms. The van der Waals surface area contributed by atoms with E-state index in [1.165, 1.54) is 19.3 Å². The van der Waals surface area contributed by atoms with Gasteiger partial charge in [-0.25, -0.2) is 0 Å². The molecule has 0 amide bonds. The molecule has 4 heteroatoms. The maximum Gasteiger partial charge on any atom is 0.165 e. The van der Waals surface area contributed by atoms with E-state index < -0.39 is 0 Å². The van der Waals surface area contributed by atoms with E-state index in [9.17, 15) is 0 Å². The zero-order valence-corrected chi connectivity index (χ0v) is 12.8. The molecule has 0 aliphatic heterocycles. The Bertz CT molecular complexity index is 383. The smallest absolute Gasteiger partial charge is 0.165 e. The third-order valence-electron chi connectivity index (χ3n) is 2.88. The number of nitrogens with one attached hydrogen (secondary N) is 1. The van der Waals surface area contributed by atoms with E-state index in [4.69, 9.17) is 21.1 Å². The largest absolute Gasteiger partial charge is 0.493 e. The van der Waals surface area contributed by atoms with Crippen molar-refractivity contribution in [2.45, 2.75) is 39.7 Å². The number of hydrogen-bond acceptors (Lipinski definition) is 3. The third kappa shape index (κ3) is 5.29. The van der Waals surface area contributed by atoms with Crippen LogP contribution in [0.5, 0.6) is 11.5 Å². The number of halogens is 1. The van der Waals surface area contributed by atoms with E-state index in [2.05, 4.69) is 12.2 Å². The van der Waals surface area contributed by atoms with E-state index in [1.54, 1.807) is 13.2 Å². The fourth-order valence-electron chi connectivity index (χ4n) is 1.94. The summed E-state index contributed by atoms with van der Waals surface area (Å²) in [6, 6.07) is 3.72. The summed E-state index contributed by atoms with van der Waals surface area (Å²) >= 11 is 6.10. The van der Waals surface area contributed by atoms with Gasteiger partial charge in [-0.15, -0.1) is 0 Å². The van der Waals surface area contributed by atoms with Crippen molar-refractivity contribution in [2.24, 2.45) is 0 Å². The second kappa shape index (κ2) is 9.05. The van der Waals surface area contributed by atoms with E-state index in [1.807, 2.05) is 13.0 Å². The Morgan fingerprint density at radius 1 is 1.21 bits per heavy atom. The van der Waals surface area contributed by atoms with Gasteiger partial charge in [0.2, 0.25) is 0 Å². The Balaban J connectivity index is 2.71. The van der Waals surface area contributed by atoms with Gasteiger partial charge in [-0.2, -0.15) is 0 Å². The standard InChI is InChI=1S/C15H24ClNO2/c1-4-6-7-8-17-11-12-9-13(16)10-14(18-3)15(12)19-5-2/h9-10,17H,4-8,11H2,1-3H3. The van der Waals surface area contributed by atoms with Crippen LogP contribution in [0.1, 0.15) is 38.7 Å². The molecule has 1 rings (SSSR count). The lowest BCUT2D eigenvalue weighted by atomic mass is 10.1. The molecular formula is C15H24ClNO2. The molecule has 0 bridgehead atoms. The quantitative estimate of drug-likeness (QED) is 0.695. The molecule has 0 spiro atoms. The van der Waals surface area contributed by atoms with Crippen LogP contribution in [0.2, 0.25) is 5.02 Å². The SMILES string of the molecule is CCCCCNCc1cc(Cl)cc(OC)c1OCC. The Hall–Kier alpha value is -0.930. The van der Waals surface area contributed by atoms with Crippen molar-refractivity contribution in [1.82, 2.24) is 5.32 Å². The average molecular weight is 286 g/mol. The van der Waals surface area contributed by atoms with Crippen LogP contribution < -0.4 is 14.8 Å². The first-order valence-corrected chi connectivity index (χ1v) is 7.30. The monoisotopic (exact) mass is 285 g/mol. The fourth-order valence-corrected chi connectivity index (χ4v) is 2.17. The molecule has 1 N–H and O–H groups in total. The van der Waals surface area contributed by atoms with E-state index in [0.717, 1.165) is 24.4 Å². The Morgan fingerprint density at radius 2 is 2.00 bits per heavy atom. The van der Waals surface area contributed by atoms with Gasteiger partial charge in [0.1, 0.15) is 0 Å². The summed E-state index contributed by atoms with van der Waals surface area (Å²) in [6.07, 6.45) is 3.68. The summed E-state index contributed by atoms with van der Waals surface area (Å²) in [4.78, 5) is 0. The number of benzene rings is 1. The molecule has 0 heterocycles. The van der Waals surface area contributed by atoms with Crippen LogP contribution in [-0.4, -0.2) is 20.3 Å². The molecule has 0 unspecified atom stereocenters. The molecule has 0 radical (unpaired) electrons. The van der Waals surface area contributed by atoms with E-state index in [0.29, 0.717) is 17.4 Å². The number of methoxy groups -OCH3 is 1. The predicted molar refractivity (Wildman–Crippen MR) is 80.4 cm³/mol. The van der Waals surface area contributed by atoms with Gasteiger partial charge in [-0.05, 0) is 26.0 Å². The molecule has 0 fully saturated rings. The second-order valence-corrected chi connectivity index (χ2v) is 4.85. The van der Waals surface area contributed by atoms with Crippen LogP contribution in [0.3, 0.4) is 0 Å². The number of unbranched alkanes of at least 4 members (excludes halogenated alkanes) is 2. The van der Waals surface area contributed by atoms with Crippen molar-refractivity contribution in [1.29, 1.82) is 0 Å². The van der Waals surface area contributed by atoms with Gasteiger partial charge in [-0.1, -0.05) is 31.4 Å². The first-order valence-electron chi connectivity index (χ1n) is 6.92. The minimum Gasteiger partial charge on any atom is -0.493 e. The molecule has 0 atom stereocenters. The van der Waals surface area contributed by atoms with Gasteiger partial charge in [0.15, 0.2) is 11.5 Å². The molecule has 1 aromatic carbocycles. The molecule has 0 aliphatic carbocycles. The van der Waals surface area contributed by atoms with Crippen molar-refractivity contribution < 1.29 is 9.47 Å². The van der Waals surface area contributed by atoms with Gasteiger partial charge in [0.25, 0.3) is 0 Å². The molecule has 0 saturated heterocycles.